The molecule has 0 spiro atoms. The summed E-state index contributed by atoms with van der Waals surface area (Å²) in [6.45, 7) is 2.28. The highest BCUT2D eigenvalue weighted by atomic mass is 32.2. The number of nitrogens with zero attached hydrogens (tertiary/aromatic N) is 1. The largest absolute Gasteiger partial charge is 0.357 e. The normalized spacial score (nSPS) is 11.7. The third kappa shape index (κ3) is 4.22. The average molecular weight is 278 g/mol. The van der Waals surface area contributed by atoms with E-state index in [4.69, 9.17) is 0 Å². The van der Waals surface area contributed by atoms with Crippen molar-refractivity contribution < 1.29 is 8.42 Å². The van der Waals surface area contributed by atoms with Crippen LogP contribution in [0.5, 0.6) is 0 Å². The lowest BCUT2D eigenvalue weighted by molar-refractivity contribution is 0.580. The van der Waals surface area contributed by atoms with Gasteiger partial charge < -0.3 is 4.57 Å². The van der Waals surface area contributed by atoms with Gasteiger partial charge in [-0.1, -0.05) is 29.8 Å². The molecule has 0 aliphatic heterocycles. The molecule has 1 heterocycles. The molecule has 0 fully saturated rings. The average Bonchev–Trinajstić information content (AvgIpc) is 2.72. The lowest BCUT2D eigenvalue weighted by Crippen LogP contribution is -2.24. The first-order chi connectivity index (χ1) is 8.94. The molecule has 1 aromatic carbocycles. The van der Waals surface area contributed by atoms with Crippen LogP contribution < -0.4 is 4.72 Å². The summed E-state index contributed by atoms with van der Waals surface area (Å²) in [4.78, 5) is 0. The molecule has 0 amide bonds. The van der Waals surface area contributed by atoms with E-state index in [1.165, 1.54) is 0 Å². The molecule has 4 nitrogen and oxygen atoms in total. The van der Waals surface area contributed by atoms with Crippen LogP contribution in [0.3, 0.4) is 0 Å². The zero-order valence-electron chi connectivity index (χ0n) is 11.1. The van der Waals surface area contributed by atoms with E-state index >= 15 is 0 Å². The maximum Gasteiger partial charge on any atom is 0.216 e. The van der Waals surface area contributed by atoms with Gasteiger partial charge in [0, 0.05) is 26.0 Å². The van der Waals surface area contributed by atoms with Crippen molar-refractivity contribution in [2.75, 3.05) is 0 Å². The molecule has 1 N–H and O–H groups in total. The number of rotatable bonds is 5. The second-order valence-electron chi connectivity index (χ2n) is 4.75. The molecule has 5 heteroatoms. The summed E-state index contributed by atoms with van der Waals surface area (Å²) < 4.78 is 28.5. The third-order valence-corrected chi connectivity index (χ3v) is 4.13. The fourth-order valence-electron chi connectivity index (χ4n) is 1.93. The number of nitrogens with one attached hydrogen (secondary N) is 1. The van der Waals surface area contributed by atoms with Gasteiger partial charge >= 0.3 is 0 Å². The van der Waals surface area contributed by atoms with Crippen LogP contribution in [-0.2, 0) is 29.4 Å². The Morgan fingerprint density at radius 1 is 1.21 bits per heavy atom. The quantitative estimate of drug-likeness (QED) is 0.909. The standard InChI is InChI=1S/C14H18N2O2S/c1-12-4-3-5-13(8-12)11-19(17,18)15-9-14-6-7-16(2)10-14/h3-8,10,15H,9,11H2,1-2H3. The van der Waals surface area contributed by atoms with E-state index in [0.29, 0.717) is 6.54 Å². The van der Waals surface area contributed by atoms with Gasteiger partial charge in [0.25, 0.3) is 0 Å². The van der Waals surface area contributed by atoms with E-state index in [2.05, 4.69) is 4.72 Å². The van der Waals surface area contributed by atoms with Gasteiger partial charge in [-0.25, -0.2) is 13.1 Å². The number of aromatic nitrogens is 1. The molecule has 0 aliphatic rings. The topological polar surface area (TPSA) is 51.1 Å². The molecule has 2 aromatic rings. The molecule has 0 unspecified atom stereocenters. The first-order valence-corrected chi connectivity index (χ1v) is 7.73. The van der Waals surface area contributed by atoms with Gasteiger partial charge in [0.05, 0.1) is 5.75 Å². The smallest absolute Gasteiger partial charge is 0.216 e. The number of hydrogen-bond acceptors (Lipinski definition) is 2. The molecule has 0 bridgehead atoms. The molecule has 0 atom stereocenters. The lowest BCUT2D eigenvalue weighted by atomic mass is 10.2. The molecule has 2 rings (SSSR count). The molecule has 0 radical (unpaired) electrons. The van der Waals surface area contributed by atoms with Gasteiger partial charge in [-0.05, 0) is 24.1 Å². The Kier molecular flexibility index (Phi) is 4.07. The molecular formula is C14H18N2O2S. The van der Waals surface area contributed by atoms with Crippen molar-refractivity contribution in [1.29, 1.82) is 0 Å². The number of hydrogen-bond donors (Lipinski definition) is 1. The molecule has 0 saturated heterocycles. The van der Waals surface area contributed by atoms with Crippen molar-refractivity contribution in [3.63, 3.8) is 0 Å². The van der Waals surface area contributed by atoms with Crippen LogP contribution in [0.4, 0.5) is 0 Å². The van der Waals surface area contributed by atoms with E-state index in [9.17, 15) is 8.42 Å². The van der Waals surface area contributed by atoms with Crippen LogP contribution in [0.2, 0.25) is 0 Å². The molecular weight excluding hydrogens is 260 g/mol. The molecule has 0 saturated carbocycles. The van der Waals surface area contributed by atoms with Gasteiger partial charge in [-0.3, -0.25) is 0 Å². The van der Waals surface area contributed by atoms with Gasteiger partial charge in [0.1, 0.15) is 0 Å². The van der Waals surface area contributed by atoms with E-state index in [-0.39, 0.29) is 5.75 Å². The number of benzene rings is 1. The van der Waals surface area contributed by atoms with Crippen molar-refractivity contribution in [3.8, 4) is 0 Å². The van der Waals surface area contributed by atoms with Crippen LogP contribution in [0, 0.1) is 6.92 Å². The fourth-order valence-corrected chi connectivity index (χ4v) is 3.04. The van der Waals surface area contributed by atoms with E-state index in [1.807, 2.05) is 61.3 Å². The molecule has 1 aromatic heterocycles. The van der Waals surface area contributed by atoms with Crippen LogP contribution >= 0.6 is 0 Å². The zero-order valence-corrected chi connectivity index (χ0v) is 11.9. The van der Waals surface area contributed by atoms with E-state index in [1.54, 1.807) is 0 Å². The van der Waals surface area contributed by atoms with E-state index < -0.39 is 10.0 Å². The summed E-state index contributed by atoms with van der Waals surface area (Å²) in [7, 11) is -1.39. The van der Waals surface area contributed by atoms with Gasteiger partial charge in [-0.15, -0.1) is 0 Å². The Balaban J connectivity index is 1.99. The van der Waals surface area contributed by atoms with Crippen molar-refractivity contribution in [2.45, 2.75) is 19.2 Å². The first-order valence-electron chi connectivity index (χ1n) is 6.08. The monoisotopic (exact) mass is 278 g/mol. The summed E-state index contributed by atoms with van der Waals surface area (Å²) in [5.74, 6) is 0.0154. The molecule has 19 heavy (non-hydrogen) atoms. The predicted molar refractivity (Wildman–Crippen MR) is 76.1 cm³/mol. The minimum Gasteiger partial charge on any atom is -0.357 e. The van der Waals surface area contributed by atoms with Crippen molar-refractivity contribution in [1.82, 2.24) is 9.29 Å². The van der Waals surface area contributed by atoms with E-state index in [0.717, 1.165) is 16.7 Å². The zero-order chi connectivity index (χ0) is 13.9. The Labute approximate surface area is 114 Å². The van der Waals surface area contributed by atoms with Crippen molar-refractivity contribution in [2.24, 2.45) is 7.05 Å². The third-order valence-electron chi connectivity index (χ3n) is 2.83. The van der Waals surface area contributed by atoms with Gasteiger partial charge in [-0.2, -0.15) is 0 Å². The maximum absolute atomic E-state index is 12.0. The fraction of sp³-hybridized carbons (Fsp3) is 0.286. The summed E-state index contributed by atoms with van der Waals surface area (Å²) in [5.41, 5.74) is 2.83. The summed E-state index contributed by atoms with van der Waals surface area (Å²) in [6.07, 6.45) is 3.79. The summed E-state index contributed by atoms with van der Waals surface area (Å²) in [5, 5.41) is 0. The van der Waals surface area contributed by atoms with Crippen molar-refractivity contribution in [3.05, 3.63) is 59.4 Å². The summed E-state index contributed by atoms with van der Waals surface area (Å²) >= 11 is 0. The second-order valence-corrected chi connectivity index (χ2v) is 6.56. The Hall–Kier alpha value is -1.59. The molecule has 0 aliphatic carbocycles. The number of aryl methyl sites for hydroxylation is 2. The predicted octanol–water partition coefficient (Wildman–Crippen LogP) is 1.95. The second kappa shape index (κ2) is 5.59. The molecule has 102 valence electrons. The van der Waals surface area contributed by atoms with Crippen molar-refractivity contribution >= 4 is 10.0 Å². The highest BCUT2D eigenvalue weighted by molar-refractivity contribution is 7.88. The van der Waals surface area contributed by atoms with Gasteiger partial charge in [0.15, 0.2) is 0 Å². The lowest BCUT2D eigenvalue weighted by Gasteiger charge is -2.06. The minimum absolute atomic E-state index is 0.0154. The number of sulfonamides is 1. The van der Waals surface area contributed by atoms with Crippen LogP contribution in [0.1, 0.15) is 16.7 Å². The van der Waals surface area contributed by atoms with Crippen LogP contribution in [0.25, 0.3) is 0 Å². The Morgan fingerprint density at radius 3 is 2.63 bits per heavy atom. The van der Waals surface area contributed by atoms with Gasteiger partial charge in [0.2, 0.25) is 10.0 Å². The van der Waals surface area contributed by atoms with Crippen LogP contribution in [0.15, 0.2) is 42.7 Å². The minimum atomic E-state index is -3.30. The Morgan fingerprint density at radius 2 is 2.00 bits per heavy atom. The Bertz CT molecular complexity index is 660. The van der Waals surface area contributed by atoms with Crippen LogP contribution in [-0.4, -0.2) is 13.0 Å². The SMILES string of the molecule is Cc1cccc(CS(=O)(=O)NCc2ccn(C)c2)c1. The summed E-state index contributed by atoms with van der Waals surface area (Å²) in [6, 6.07) is 9.44. The first kappa shape index (κ1) is 13.8. The highest BCUT2D eigenvalue weighted by Crippen LogP contribution is 2.08. The highest BCUT2D eigenvalue weighted by Gasteiger charge is 2.11. The maximum atomic E-state index is 12.0.